The van der Waals surface area contributed by atoms with Crippen LogP contribution >= 0.6 is 11.6 Å². The molecule has 0 aliphatic carbocycles. The molecule has 1 rings (SSSR count). The average molecular weight is 286 g/mol. The van der Waals surface area contributed by atoms with Gasteiger partial charge in [-0.25, -0.2) is 0 Å². The zero-order chi connectivity index (χ0) is 13.9. The van der Waals surface area contributed by atoms with Gasteiger partial charge in [-0.15, -0.1) is 11.6 Å². The van der Waals surface area contributed by atoms with Gasteiger partial charge >= 0.3 is 0 Å². The Morgan fingerprint density at radius 3 is 2.58 bits per heavy atom. The van der Waals surface area contributed by atoms with Crippen LogP contribution in [0.15, 0.2) is 24.3 Å². The molecular formula is C14H20ClNO3. The molecule has 0 saturated heterocycles. The summed E-state index contributed by atoms with van der Waals surface area (Å²) in [7, 11) is 1.63. The van der Waals surface area contributed by atoms with Gasteiger partial charge in [-0.3, -0.25) is 4.79 Å². The standard InChI is InChI=1S/C14H20ClNO3/c1-18-10-11-19-13-7-5-12(6-8-13)16-14(17)4-2-3-9-15/h5-8H,2-4,9-11H2,1H3,(H,16,17). The van der Waals surface area contributed by atoms with Crippen LogP contribution in [0.4, 0.5) is 5.69 Å². The molecule has 19 heavy (non-hydrogen) atoms. The Balaban J connectivity index is 2.32. The SMILES string of the molecule is COCCOc1ccc(NC(=O)CCCCCl)cc1. The van der Waals surface area contributed by atoms with Gasteiger partial charge in [0.2, 0.25) is 5.91 Å². The molecule has 0 heterocycles. The van der Waals surface area contributed by atoms with E-state index in [9.17, 15) is 4.79 Å². The first kappa shape index (κ1) is 15.8. The lowest BCUT2D eigenvalue weighted by Crippen LogP contribution is -2.11. The Labute approximate surface area is 119 Å². The molecule has 0 spiro atoms. The smallest absolute Gasteiger partial charge is 0.224 e. The Morgan fingerprint density at radius 2 is 1.95 bits per heavy atom. The van der Waals surface area contributed by atoms with Crippen molar-refractivity contribution in [2.45, 2.75) is 19.3 Å². The normalized spacial score (nSPS) is 10.2. The molecule has 5 heteroatoms. The Hall–Kier alpha value is -1.26. The number of nitrogens with one attached hydrogen (secondary N) is 1. The molecule has 0 fully saturated rings. The second-order valence-electron chi connectivity index (χ2n) is 4.06. The average Bonchev–Trinajstić information content (AvgIpc) is 2.41. The molecule has 0 radical (unpaired) electrons. The predicted molar refractivity (Wildman–Crippen MR) is 77.0 cm³/mol. The fourth-order valence-electron chi connectivity index (χ4n) is 1.48. The molecule has 0 saturated carbocycles. The number of halogens is 1. The van der Waals surface area contributed by atoms with E-state index in [1.54, 1.807) is 7.11 Å². The number of ether oxygens (including phenoxy) is 2. The van der Waals surface area contributed by atoms with Gasteiger partial charge in [0.1, 0.15) is 12.4 Å². The molecule has 0 unspecified atom stereocenters. The highest BCUT2D eigenvalue weighted by Crippen LogP contribution is 2.16. The van der Waals surface area contributed by atoms with Crippen LogP contribution in [-0.2, 0) is 9.53 Å². The van der Waals surface area contributed by atoms with Gasteiger partial charge < -0.3 is 14.8 Å². The third-order valence-corrected chi connectivity index (χ3v) is 2.75. The topological polar surface area (TPSA) is 47.6 Å². The van der Waals surface area contributed by atoms with Crippen LogP contribution < -0.4 is 10.1 Å². The quantitative estimate of drug-likeness (QED) is 0.560. The summed E-state index contributed by atoms with van der Waals surface area (Å²) in [5.74, 6) is 1.37. The number of amides is 1. The molecule has 0 aromatic heterocycles. The first-order valence-electron chi connectivity index (χ1n) is 6.34. The fourth-order valence-corrected chi connectivity index (χ4v) is 1.67. The summed E-state index contributed by atoms with van der Waals surface area (Å²) in [6.45, 7) is 1.07. The molecule has 1 amide bonds. The summed E-state index contributed by atoms with van der Waals surface area (Å²) in [5.41, 5.74) is 0.773. The van der Waals surface area contributed by atoms with Crippen molar-refractivity contribution in [3.63, 3.8) is 0 Å². The maximum Gasteiger partial charge on any atom is 0.224 e. The van der Waals surface area contributed by atoms with E-state index in [2.05, 4.69) is 5.32 Å². The minimum Gasteiger partial charge on any atom is -0.491 e. The van der Waals surface area contributed by atoms with E-state index in [0.29, 0.717) is 25.5 Å². The van der Waals surface area contributed by atoms with Crippen molar-refractivity contribution in [3.8, 4) is 5.75 Å². The van der Waals surface area contributed by atoms with Gasteiger partial charge in [-0.05, 0) is 37.1 Å². The van der Waals surface area contributed by atoms with Crippen LogP contribution in [0.1, 0.15) is 19.3 Å². The molecule has 1 aromatic rings. The van der Waals surface area contributed by atoms with Crippen LogP contribution in [-0.4, -0.2) is 32.1 Å². The number of rotatable bonds is 9. The number of unbranched alkanes of at least 4 members (excludes halogenated alkanes) is 1. The third-order valence-electron chi connectivity index (χ3n) is 2.48. The second kappa shape index (κ2) is 9.64. The van der Waals surface area contributed by atoms with Crippen molar-refractivity contribution < 1.29 is 14.3 Å². The Bertz CT molecular complexity index is 367. The predicted octanol–water partition coefficient (Wildman–Crippen LogP) is 3.06. The van der Waals surface area contributed by atoms with E-state index >= 15 is 0 Å². The van der Waals surface area contributed by atoms with E-state index < -0.39 is 0 Å². The number of methoxy groups -OCH3 is 1. The van der Waals surface area contributed by atoms with Crippen molar-refractivity contribution in [3.05, 3.63) is 24.3 Å². The van der Waals surface area contributed by atoms with E-state index in [1.807, 2.05) is 24.3 Å². The number of alkyl halides is 1. The molecule has 0 atom stereocenters. The van der Waals surface area contributed by atoms with Crippen molar-refractivity contribution >= 4 is 23.2 Å². The molecule has 0 bridgehead atoms. The van der Waals surface area contributed by atoms with E-state index in [4.69, 9.17) is 21.1 Å². The summed E-state index contributed by atoms with van der Waals surface area (Å²) < 4.78 is 10.3. The van der Waals surface area contributed by atoms with Gasteiger partial charge in [-0.2, -0.15) is 0 Å². The lowest BCUT2D eigenvalue weighted by Gasteiger charge is -2.08. The zero-order valence-electron chi connectivity index (χ0n) is 11.2. The summed E-state index contributed by atoms with van der Waals surface area (Å²) in [4.78, 5) is 11.6. The van der Waals surface area contributed by atoms with Crippen LogP contribution in [0.2, 0.25) is 0 Å². The first-order valence-corrected chi connectivity index (χ1v) is 6.87. The number of carbonyl (C=O) groups is 1. The number of benzene rings is 1. The highest BCUT2D eigenvalue weighted by molar-refractivity contribution is 6.17. The van der Waals surface area contributed by atoms with Gasteiger partial charge in [0.05, 0.1) is 6.61 Å². The van der Waals surface area contributed by atoms with Crippen LogP contribution in [0.5, 0.6) is 5.75 Å². The second-order valence-corrected chi connectivity index (χ2v) is 4.44. The maximum atomic E-state index is 11.6. The van der Waals surface area contributed by atoms with Crippen LogP contribution in [0.3, 0.4) is 0 Å². The van der Waals surface area contributed by atoms with E-state index in [1.165, 1.54) is 0 Å². The van der Waals surface area contributed by atoms with Gasteiger partial charge in [-0.1, -0.05) is 0 Å². The van der Waals surface area contributed by atoms with Gasteiger partial charge in [0.25, 0.3) is 0 Å². The molecule has 1 N–H and O–H groups in total. The number of carbonyl (C=O) groups excluding carboxylic acids is 1. The Kier molecular flexibility index (Phi) is 8.02. The van der Waals surface area contributed by atoms with Gasteiger partial charge in [0.15, 0.2) is 0 Å². The summed E-state index contributed by atoms with van der Waals surface area (Å²) in [6.07, 6.45) is 2.17. The highest BCUT2D eigenvalue weighted by atomic mass is 35.5. The number of hydrogen-bond donors (Lipinski definition) is 1. The molecule has 1 aromatic carbocycles. The third kappa shape index (κ3) is 7.03. The molecular weight excluding hydrogens is 266 g/mol. The largest absolute Gasteiger partial charge is 0.491 e. The lowest BCUT2D eigenvalue weighted by atomic mass is 10.2. The first-order chi connectivity index (χ1) is 9.26. The summed E-state index contributed by atoms with van der Waals surface area (Å²) >= 11 is 5.56. The van der Waals surface area contributed by atoms with E-state index in [-0.39, 0.29) is 5.91 Å². The fraction of sp³-hybridized carbons (Fsp3) is 0.500. The summed E-state index contributed by atoms with van der Waals surface area (Å²) in [6, 6.07) is 7.29. The van der Waals surface area contributed by atoms with Crippen molar-refractivity contribution in [2.75, 3.05) is 31.5 Å². The molecule has 106 valence electrons. The van der Waals surface area contributed by atoms with Crippen molar-refractivity contribution in [1.29, 1.82) is 0 Å². The molecule has 4 nitrogen and oxygen atoms in total. The lowest BCUT2D eigenvalue weighted by molar-refractivity contribution is -0.116. The van der Waals surface area contributed by atoms with E-state index in [0.717, 1.165) is 24.3 Å². The Morgan fingerprint density at radius 1 is 1.21 bits per heavy atom. The molecule has 0 aliphatic rings. The highest BCUT2D eigenvalue weighted by Gasteiger charge is 2.02. The number of anilines is 1. The maximum absolute atomic E-state index is 11.6. The summed E-state index contributed by atoms with van der Waals surface area (Å²) in [5, 5.41) is 2.83. The minimum atomic E-state index is 0.0122. The van der Waals surface area contributed by atoms with Gasteiger partial charge in [0, 0.05) is 25.1 Å². The minimum absolute atomic E-state index is 0.0122. The van der Waals surface area contributed by atoms with Crippen LogP contribution in [0.25, 0.3) is 0 Å². The zero-order valence-corrected chi connectivity index (χ0v) is 11.9. The van der Waals surface area contributed by atoms with Crippen molar-refractivity contribution in [1.82, 2.24) is 0 Å². The molecule has 0 aliphatic heterocycles. The van der Waals surface area contributed by atoms with Crippen LogP contribution in [0, 0.1) is 0 Å². The number of hydrogen-bond acceptors (Lipinski definition) is 3. The monoisotopic (exact) mass is 285 g/mol. The van der Waals surface area contributed by atoms with Crippen molar-refractivity contribution in [2.24, 2.45) is 0 Å².